The first kappa shape index (κ1) is 15.1. The Morgan fingerprint density at radius 3 is 2.90 bits per heavy atom. The van der Waals surface area contributed by atoms with Crippen molar-refractivity contribution < 1.29 is 9.66 Å². The van der Waals surface area contributed by atoms with Crippen molar-refractivity contribution in [2.45, 2.75) is 6.42 Å². The van der Waals surface area contributed by atoms with Gasteiger partial charge >= 0.3 is 5.69 Å². The van der Waals surface area contributed by atoms with Gasteiger partial charge in [0.2, 0.25) is 5.82 Å². The van der Waals surface area contributed by atoms with Gasteiger partial charge in [0.15, 0.2) is 0 Å². The third-order valence-electron chi connectivity index (χ3n) is 2.88. The maximum Gasteiger partial charge on any atom is 0.311 e. The standard InChI is InChI=1S/C14H14ClN3O3/c1-21-11-4-2-3-10(9-11)7-8-16-14-12(18(19)20)5-6-13(15)17-14/h2-6,9H,7-8H2,1H3,(H,16,17). The summed E-state index contributed by atoms with van der Waals surface area (Å²) in [5, 5.41) is 14.1. The first-order valence-electron chi connectivity index (χ1n) is 6.28. The Morgan fingerprint density at radius 1 is 1.38 bits per heavy atom. The second-order valence-corrected chi connectivity index (χ2v) is 4.67. The highest BCUT2D eigenvalue weighted by Gasteiger charge is 2.15. The number of anilines is 1. The molecule has 0 radical (unpaired) electrons. The van der Waals surface area contributed by atoms with Crippen LogP contribution in [0.5, 0.6) is 5.75 Å². The van der Waals surface area contributed by atoms with Crippen molar-refractivity contribution in [1.29, 1.82) is 0 Å². The van der Waals surface area contributed by atoms with Crippen LogP contribution in [0, 0.1) is 10.1 Å². The summed E-state index contributed by atoms with van der Waals surface area (Å²) in [6.45, 7) is 0.501. The third kappa shape index (κ3) is 4.06. The highest BCUT2D eigenvalue weighted by molar-refractivity contribution is 6.29. The number of benzene rings is 1. The largest absolute Gasteiger partial charge is 0.497 e. The van der Waals surface area contributed by atoms with E-state index in [1.165, 1.54) is 12.1 Å². The summed E-state index contributed by atoms with van der Waals surface area (Å²) in [5.41, 5.74) is 0.969. The predicted molar refractivity (Wildman–Crippen MR) is 81.1 cm³/mol. The van der Waals surface area contributed by atoms with Crippen molar-refractivity contribution >= 4 is 23.1 Å². The van der Waals surface area contributed by atoms with Crippen molar-refractivity contribution in [3.05, 3.63) is 57.2 Å². The van der Waals surface area contributed by atoms with E-state index < -0.39 is 4.92 Å². The minimum Gasteiger partial charge on any atom is -0.497 e. The average Bonchev–Trinajstić information content (AvgIpc) is 2.47. The Hall–Kier alpha value is -2.34. The molecule has 1 aromatic heterocycles. The zero-order valence-corrected chi connectivity index (χ0v) is 12.1. The molecule has 1 N–H and O–H groups in total. The molecule has 1 aromatic carbocycles. The van der Waals surface area contributed by atoms with Crippen LogP contribution in [0.25, 0.3) is 0 Å². The number of aromatic nitrogens is 1. The molecular formula is C14H14ClN3O3. The normalized spacial score (nSPS) is 10.2. The fourth-order valence-electron chi connectivity index (χ4n) is 1.86. The molecule has 0 spiro atoms. The topological polar surface area (TPSA) is 77.3 Å². The van der Waals surface area contributed by atoms with E-state index in [1.807, 2.05) is 24.3 Å². The molecule has 6 nitrogen and oxygen atoms in total. The van der Waals surface area contributed by atoms with Crippen LogP contribution < -0.4 is 10.1 Å². The van der Waals surface area contributed by atoms with E-state index in [0.717, 1.165) is 11.3 Å². The molecule has 0 saturated carbocycles. The molecule has 0 aliphatic heterocycles. The van der Waals surface area contributed by atoms with Crippen molar-refractivity contribution in [1.82, 2.24) is 4.98 Å². The summed E-state index contributed by atoms with van der Waals surface area (Å²) in [4.78, 5) is 14.4. The summed E-state index contributed by atoms with van der Waals surface area (Å²) >= 11 is 5.77. The minimum atomic E-state index is -0.489. The molecule has 0 bridgehead atoms. The molecule has 0 unspecified atom stereocenters. The molecule has 21 heavy (non-hydrogen) atoms. The summed E-state index contributed by atoms with van der Waals surface area (Å²) in [6, 6.07) is 10.4. The van der Waals surface area contributed by atoms with Gasteiger partial charge in [-0.05, 0) is 30.2 Å². The van der Waals surface area contributed by atoms with Crippen molar-refractivity contribution in [3.8, 4) is 5.75 Å². The summed E-state index contributed by atoms with van der Waals surface area (Å²) in [6.07, 6.45) is 0.683. The van der Waals surface area contributed by atoms with Gasteiger partial charge in [-0.2, -0.15) is 0 Å². The zero-order valence-electron chi connectivity index (χ0n) is 11.4. The van der Waals surface area contributed by atoms with Gasteiger partial charge in [-0.15, -0.1) is 0 Å². The maximum atomic E-state index is 10.9. The quantitative estimate of drug-likeness (QED) is 0.503. The number of nitro groups is 1. The van der Waals surface area contributed by atoms with Crippen LogP contribution in [-0.2, 0) is 6.42 Å². The van der Waals surface area contributed by atoms with Gasteiger partial charge in [-0.25, -0.2) is 4.98 Å². The summed E-state index contributed by atoms with van der Waals surface area (Å²) in [5.74, 6) is 0.953. The van der Waals surface area contributed by atoms with E-state index in [0.29, 0.717) is 13.0 Å². The molecule has 2 aromatic rings. The van der Waals surface area contributed by atoms with Gasteiger partial charge < -0.3 is 10.1 Å². The molecule has 0 saturated heterocycles. The number of rotatable bonds is 6. The van der Waals surface area contributed by atoms with Gasteiger partial charge in [0.05, 0.1) is 12.0 Å². The molecule has 0 aliphatic rings. The SMILES string of the molecule is COc1cccc(CCNc2nc(Cl)ccc2[N+](=O)[O-])c1. The lowest BCUT2D eigenvalue weighted by molar-refractivity contribution is -0.384. The van der Waals surface area contributed by atoms with Gasteiger partial charge in [0, 0.05) is 12.6 Å². The second-order valence-electron chi connectivity index (χ2n) is 4.29. The van der Waals surface area contributed by atoms with E-state index in [4.69, 9.17) is 16.3 Å². The maximum absolute atomic E-state index is 10.9. The van der Waals surface area contributed by atoms with Crippen LogP contribution in [0.1, 0.15) is 5.56 Å². The Balaban J connectivity index is 2.03. The van der Waals surface area contributed by atoms with Crippen molar-refractivity contribution in [2.75, 3.05) is 19.0 Å². The smallest absolute Gasteiger partial charge is 0.311 e. The Morgan fingerprint density at radius 2 is 2.19 bits per heavy atom. The second kappa shape index (κ2) is 6.90. The molecule has 2 rings (SSSR count). The van der Waals surface area contributed by atoms with Crippen LogP contribution in [0.4, 0.5) is 11.5 Å². The highest BCUT2D eigenvalue weighted by atomic mass is 35.5. The molecule has 0 amide bonds. The molecule has 7 heteroatoms. The molecule has 0 aliphatic carbocycles. The molecule has 0 fully saturated rings. The van der Waals surface area contributed by atoms with Gasteiger partial charge in [0.25, 0.3) is 0 Å². The number of hydrogen-bond acceptors (Lipinski definition) is 5. The Kier molecular flexibility index (Phi) is 4.94. The van der Waals surface area contributed by atoms with Gasteiger partial charge in [-0.3, -0.25) is 10.1 Å². The number of hydrogen-bond donors (Lipinski definition) is 1. The average molecular weight is 308 g/mol. The van der Waals surface area contributed by atoms with E-state index in [1.54, 1.807) is 7.11 Å². The first-order chi connectivity index (χ1) is 10.1. The Labute approximate surface area is 126 Å². The third-order valence-corrected chi connectivity index (χ3v) is 3.09. The number of pyridine rings is 1. The monoisotopic (exact) mass is 307 g/mol. The summed E-state index contributed by atoms with van der Waals surface area (Å²) in [7, 11) is 1.61. The fourth-order valence-corrected chi connectivity index (χ4v) is 2.01. The van der Waals surface area contributed by atoms with E-state index in [-0.39, 0.29) is 16.7 Å². The first-order valence-corrected chi connectivity index (χ1v) is 6.65. The van der Waals surface area contributed by atoms with Crippen LogP contribution in [0.2, 0.25) is 5.15 Å². The van der Waals surface area contributed by atoms with Crippen LogP contribution in [-0.4, -0.2) is 23.6 Å². The van der Waals surface area contributed by atoms with Crippen LogP contribution in [0.3, 0.4) is 0 Å². The number of nitrogens with one attached hydrogen (secondary N) is 1. The Bertz CT molecular complexity index is 649. The molecule has 110 valence electrons. The predicted octanol–water partition coefficient (Wildman–Crippen LogP) is 3.31. The van der Waals surface area contributed by atoms with Crippen molar-refractivity contribution in [3.63, 3.8) is 0 Å². The van der Waals surface area contributed by atoms with Crippen molar-refractivity contribution in [2.24, 2.45) is 0 Å². The van der Waals surface area contributed by atoms with Gasteiger partial charge in [0.1, 0.15) is 10.9 Å². The number of ether oxygens (including phenoxy) is 1. The lowest BCUT2D eigenvalue weighted by Crippen LogP contribution is -2.08. The van der Waals surface area contributed by atoms with E-state index in [2.05, 4.69) is 10.3 Å². The number of methoxy groups -OCH3 is 1. The van der Waals surface area contributed by atoms with Gasteiger partial charge in [-0.1, -0.05) is 23.7 Å². The van der Waals surface area contributed by atoms with Crippen LogP contribution >= 0.6 is 11.6 Å². The zero-order chi connectivity index (χ0) is 15.2. The molecule has 0 atom stereocenters. The fraction of sp³-hybridized carbons (Fsp3) is 0.214. The lowest BCUT2D eigenvalue weighted by atomic mass is 10.1. The highest BCUT2D eigenvalue weighted by Crippen LogP contribution is 2.24. The lowest BCUT2D eigenvalue weighted by Gasteiger charge is -2.07. The van der Waals surface area contributed by atoms with Crippen LogP contribution in [0.15, 0.2) is 36.4 Å². The number of halogens is 1. The summed E-state index contributed by atoms with van der Waals surface area (Å²) < 4.78 is 5.15. The van der Waals surface area contributed by atoms with E-state index in [9.17, 15) is 10.1 Å². The van der Waals surface area contributed by atoms with E-state index >= 15 is 0 Å². The molecular weight excluding hydrogens is 294 g/mol. The minimum absolute atomic E-state index is 0.0926. The number of nitrogens with zero attached hydrogens (tertiary/aromatic N) is 2. The molecule has 1 heterocycles.